The molecular weight excluding hydrogens is 230 g/mol. The van der Waals surface area contributed by atoms with Crippen LogP contribution in [0.4, 0.5) is 0 Å². The first-order valence-electron chi connectivity index (χ1n) is 5.50. The minimum absolute atomic E-state index is 0.0924. The Morgan fingerprint density at radius 2 is 2.27 bits per heavy atom. The second kappa shape index (κ2) is 8.30. The monoisotopic (exact) mass is 249 g/mol. The van der Waals surface area contributed by atoms with E-state index in [4.69, 9.17) is 5.11 Å². The van der Waals surface area contributed by atoms with Gasteiger partial charge in [-0.15, -0.1) is 0 Å². The standard InChI is InChI=1S/C10H19NO2S2/c12-10(13)8-11-6-3-1-2-4-9-5-7-14-15-9/h9,11H,1-8H2,(H,12,13). The summed E-state index contributed by atoms with van der Waals surface area (Å²) >= 11 is 0. The Morgan fingerprint density at radius 1 is 1.40 bits per heavy atom. The highest BCUT2D eigenvalue weighted by molar-refractivity contribution is 8.77. The number of unbranched alkanes of at least 4 members (excludes halogenated alkanes) is 2. The fourth-order valence-corrected chi connectivity index (χ4v) is 4.59. The van der Waals surface area contributed by atoms with Crippen molar-refractivity contribution < 1.29 is 9.90 Å². The molecule has 0 amide bonds. The highest BCUT2D eigenvalue weighted by Crippen LogP contribution is 2.39. The SMILES string of the molecule is O=C(O)CNCCCCCC1CCSS1. The number of rotatable bonds is 8. The third-order valence-electron chi connectivity index (χ3n) is 2.38. The Morgan fingerprint density at radius 3 is 2.93 bits per heavy atom. The smallest absolute Gasteiger partial charge is 0.317 e. The van der Waals surface area contributed by atoms with E-state index in [2.05, 4.69) is 5.32 Å². The van der Waals surface area contributed by atoms with Gasteiger partial charge in [0.2, 0.25) is 0 Å². The van der Waals surface area contributed by atoms with Gasteiger partial charge in [-0.1, -0.05) is 34.4 Å². The van der Waals surface area contributed by atoms with Gasteiger partial charge in [0, 0.05) is 11.0 Å². The summed E-state index contributed by atoms with van der Waals surface area (Å²) in [5.74, 6) is 0.546. The summed E-state index contributed by atoms with van der Waals surface area (Å²) in [7, 11) is 4.03. The Labute approximate surface area is 99.2 Å². The van der Waals surface area contributed by atoms with Crippen LogP contribution in [0, 0.1) is 0 Å². The zero-order valence-corrected chi connectivity index (χ0v) is 10.5. The van der Waals surface area contributed by atoms with Gasteiger partial charge in [-0.25, -0.2) is 0 Å². The molecular formula is C10H19NO2S2. The summed E-state index contributed by atoms with van der Waals surface area (Å²) in [6.07, 6.45) is 6.29. The summed E-state index contributed by atoms with van der Waals surface area (Å²) in [4.78, 5) is 10.2. The van der Waals surface area contributed by atoms with Gasteiger partial charge in [0.05, 0.1) is 6.54 Å². The molecule has 1 heterocycles. The quantitative estimate of drug-likeness (QED) is 0.511. The number of aliphatic carboxylic acids is 1. The van der Waals surface area contributed by atoms with Gasteiger partial charge in [0.1, 0.15) is 0 Å². The van der Waals surface area contributed by atoms with Crippen molar-refractivity contribution in [1.82, 2.24) is 5.32 Å². The number of nitrogens with one attached hydrogen (secondary N) is 1. The van der Waals surface area contributed by atoms with Crippen molar-refractivity contribution in [2.24, 2.45) is 0 Å². The predicted octanol–water partition coefficient (Wildman–Crippen LogP) is 2.37. The van der Waals surface area contributed by atoms with Gasteiger partial charge in [-0.05, 0) is 25.8 Å². The first-order chi connectivity index (χ1) is 7.29. The molecule has 15 heavy (non-hydrogen) atoms. The second-order valence-corrected chi connectivity index (χ2v) is 6.54. The fraction of sp³-hybridized carbons (Fsp3) is 0.900. The van der Waals surface area contributed by atoms with Crippen LogP contribution in [-0.4, -0.2) is 35.2 Å². The van der Waals surface area contributed by atoms with E-state index in [-0.39, 0.29) is 6.54 Å². The minimum Gasteiger partial charge on any atom is -0.480 e. The fourth-order valence-electron chi connectivity index (χ4n) is 1.56. The van der Waals surface area contributed by atoms with E-state index in [0.717, 1.165) is 18.2 Å². The Bertz CT molecular complexity index is 184. The van der Waals surface area contributed by atoms with Crippen LogP contribution < -0.4 is 5.32 Å². The Balaban J connectivity index is 1.78. The molecule has 5 heteroatoms. The normalized spacial score (nSPS) is 20.7. The molecule has 0 aromatic heterocycles. The molecule has 0 radical (unpaired) electrons. The van der Waals surface area contributed by atoms with E-state index in [1.54, 1.807) is 0 Å². The van der Waals surface area contributed by atoms with Crippen molar-refractivity contribution in [2.75, 3.05) is 18.8 Å². The van der Waals surface area contributed by atoms with E-state index in [1.807, 2.05) is 21.6 Å². The van der Waals surface area contributed by atoms with Crippen molar-refractivity contribution in [1.29, 1.82) is 0 Å². The van der Waals surface area contributed by atoms with Crippen LogP contribution in [0.1, 0.15) is 32.1 Å². The van der Waals surface area contributed by atoms with Crippen LogP contribution in [-0.2, 0) is 4.79 Å². The van der Waals surface area contributed by atoms with Crippen molar-refractivity contribution in [3.63, 3.8) is 0 Å². The molecule has 0 aliphatic carbocycles. The number of carbonyl (C=O) groups is 1. The summed E-state index contributed by atoms with van der Waals surface area (Å²) in [5.41, 5.74) is 0. The minimum atomic E-state index is -0.769. The molecule has 88 valence electrons. The highest BCUT2D eigenvalue weighted by atomic mass is 33.1. The van der Waals surface area contributed by atoms with Gasteiger partial charge < -0.3 is 10.4 Å². The second-order valence-electron chi connectivity index (χ2n) is 3.75. The molecule has 1 aliphatic rings. The summed E-state index contributed by atoms with van der Waals surface area (Å²) in [5, 5.41) is 12.2. The van der Waals surface area contributed by atoms with Gasteiger partial charge in [-0.3, -0.25) is 4.79 Å². The largest absolute Gasteiger partial charge is 0.480 e. The number of hydrogen-bond donors (Lipinski definition) is 2. The maximum absolute atomic E-state index is 10.2. The number of carboxylic acid groups (broad SMARTS) is 1. The zero-order valence-electron chi connectivity index (χ0n) is 8.91. The van der Waals surface area contributed by atoms with Crippen LogP contribution in [0.5, 0.6) is 0 Å². The molecule has 1 rings (SSSR count). The highest BCUT2D eigenvalue weighted by Gasteiger charge is 2.15. The van der Waals surface area contributed by atoms with Gasteiger partial charge in [-0.2, -0.15) is 0 Å². The molecule has 1 saturated heterocycles. The third-order valence-corrected chi connectivity index (χ3v) is 5.39. The van der Waals surface area contributed by atoms with Gasteiger partial charge in [0.15, 0.2) is 0 Å². The number of hydrogen-bond acceptors (Lipinski definition) is 4. The molecule has 1 unspecified atom stereocenters. The van der Waals surface area contributed by atoms with Crippen LogP contribution in [0.15, 0.2) is 0 Å². The molecule has 2 N–H and O–H groups in total. The van der Waals surface area contributed by atoms with Crippen molar-refractivity contribution in [3.05, 3.63) is 0 Å². The summed E-state index contributed by atoms with van der Waals surface area (Å²) < 4.78 is 0. The molecule has 0 spiro atoms. The van der Waals surface area contributed by atoms with Crippen molar-refractivity contribution in [3.8, 4) is 0 Å². The summed E-state index contributed by atoms with van der Waals surface area (Å²) in [6.45, 7) is 0.925. The Hall–Kier alpha value is 0.130. The first-order valence-corrected chi connectivity index (χ1v) is 7.88. The molecule has 1 fully saturated rings. The predicted molar refractivity (Wildman–Crippen MR) is 67.4 cm³/mol. The molecule has 0 saturated carbocycles. The van der Waals surface area contributed by atoms with Crippen molar-refractivity contribution >= 4 is 27.6 Å². The average molecular weight is 249 g/mol. The van der Waals surface area contributed by atoms with E-state index >= 15 is 0 Å². The molecule has 3 nitrogen and oxygen atoms in total. The molecule has 0 aromatic carbocycles. The van der Waals surface area contributed by atoms with E-state index in [1.165, 1.54) is 31.4 Å². The van der Waals surface area contributed by atoms with Gasteiger partial charge in [0.25, 0.3) is 0 Å². The van der Waals surface area contributed by atoms with E-state index in [0.29, 0.717) is 0 Å². The topological polar surface area (TPSA) is 49.3 Å². The number of carboxylic acids is 1. The molecule has 0 aromatic rings. The van der Waals surface area contributed by atoms with Crippen molar-refractivity contribution in [2.45, 2.75) is 37.4 Å². The van der Waals surface area contributed by atoms with E-state index in [9.17, 15) is 4.79 Å². The lowest BCUT2D eigenvalue weighted by molar-refractivity contribution is -0.135. The van der Waals surface area contributed by atoms with Gasteiger partial charge >= 0.3 is 5.97 Å². The lowest BCUT2D eigenvalue weighted by Crippen LogP contribution is -2.23. The average Bonchev–Trinajstić information content (AvgIpc) is 2.68. The van der Waals surface area contributed by atoms with Crippen LogP contribution >= 0.6 is 21.6 Å². The zero-order chi connectivity index (χ0) is 10.9. The maximum atomic E-state index is 10.2. The summed E-state index contributed by atoms with van der Waals surface area (Å²) in [6, 6.07) is 0. The van der Waals surface area contributed by atoms with Crippen LogP contribution in [0.3, 0.4) is 0 Å². The molecule has 1 aliphatic heterocycles. The maximum Gasteiger partial charge on any atom is 0.317 e. The molecule has 0 bridgehead atoms. The van der Waals surface area contributed by atoms with Crippen LogP contribution in [0.25, 0.3) is 0 Å². The van der Waals surface area contributed by atoms with E-state index < -0.39 is 5.97 Å². The Kier molecular flexibility index (Phi) is 7.30. The van der Waals surface area contributed by atoms with Crippen LogP contribution in [0.2, 0.25) is 0 Å². The lowest BCUT2D eigenvalue weighted by Gasteiger charge is -2.06. The third kappa shape index (κ3) is 7.09. The first kappa shape index (κ1) is 13.2. The molecule has 1 atom stereocenters. The lowest BCUT2D eigenvalue weighted by atomic mass is 10.1.